The van der Waals surface area contributed by atoms with Crippen LogP contribution in [-0.4, -0.2) is 23.6 Å². The molecule has 1 atom stereocenters. The van der Waals surface area contributed by atoms with Gasteiger partial charge in [0.1, 0.15) is 6.02 Å². The molecular weight excluding hydrogens is 132 g/mol. The minimum atomic E-state index is -2.57. The molecule has 0 rings (SSSR count). The zero-order valence-corrected chi connectivity index (χ0v) is 5.42. The molecule has 0 radical (unpaired) electrons. The molecule has 60 valence electrons. The van der Waals surface area contributed by atoms with Gasteiger partial charge in [0, 0.05) is 5.48 Å². The van der Waals surface area contributed by atoms with Crippen LogP contribution in [0.2, 0.25) is 0 Å². The molecule has 0 aromatic heterocycles. The summed E-state index contributed by atoms with van der Waals surface area (Å²) < 4.78 is 36.2. The van der Waals surface area contributed by atoms with Crippen LogP contribution in [-0.2, 0) is 4.79 Å². The first-order chi connectivity index (χ1) is 6.46. The number of carboxylic acids is 1. The van der Waals surface area contributed by atoms with Gasteiger partial charge in [0.05, 0.1) is 1.37 Å². The minimum absolute atomic E-state index is 0.615. The van der Waals surface area contributed by atoms with Crippen LogP contribution in [0.25, 0.3) is 0 Å². The van der Waals surface area contributed by atoms with Crippen LogP contribution in [0, 0.1) is 0 Å². The zero-order chi connectivity index (χ0) is 12.5. The number of rotatable bonds is 5. The van der Waals surface area contributed by atoms with Crippen molar-refractivity contribution < 1.29 is 16.8 Å². The van der Waals surface area contributed by atoms with E-state index in [4.69, 9.17) is 23.4 Å². The van der Waals surface area contributed by atoms with E-state index in [0.29, 0.717) is 0 Å². The van der Waals surface area contributed by atoms with E-state index in [9.17, 15) is 4.79 Å². The molecule has 0 saturated heterocycles. The fraction of sp³-hybridized carbons (Fsp3) is 0.833. The van der Waals surface area contributed by atoms with E-state index in [0.717, 1.165) is 0 Å². The molecule has 4 nitrogen and oxygen atoms in total. The van der Waals surface area contributed by atoms with Gasteiger partial charge in [0.2, 0.25) is 0 Å². The van der Waals surface area contributed by atoms with Gasteiger partial charge in [-0.2, -0.15) is 0 Å². The van der Waals surface area contributed by atoms with Crippen molar-refractivity contribution in [3.8, 4) is 0 Å². The molecule has 0 aliphatic carbocycles. The average molecular weight is 151 g/mol. The molecule has 0 heterocycles. The van der Waals surface area contributed by atoms with Crippen LogP contribution in [0.5, 0.6) is 0 Å². The summed E-state index contributed by atoms with van der Waals surface area (Å²) in [6.07, 6.45) is -5.97. The molecule has 0 amide bonds. The lowest BCUT2D eigenvalue weighted by molar-refractivity contribution is -0.138. The van der Waals surface area contributed by atoms with Crippen molar-refractivity contribution in [1.82, 2.24) is 0 Å². The molecule has 10 heavy (non-hydrogen) atoms. The van der Waals surface area contributed by atoms with Crippen LogP contribution in [0.15, 0.2) is 0 Å². The molecule has 4 heteroatoms. The maximum Gasteiger partial charge on any atom is 0.320 e. The SMILES string of the molecule is [2H]C([2H])(CN)C([2H])([2H])C[C@]([2H])(N)C(=O)O. The quantitative estimate of drug-likeness (QED) is 0.495. The Morgan fingerprint density at radius 2 is 2.40 bits per heavy atom. The van der Waals surface area contributed by atoms with Crippen molar-refractivity contribution >= 4 is 5.97 Å². The summed E-state index contributed by atoms with van der Waals surface area (Å²) in [5.74, 6) is -1.71. The molecule has 0 aliphatic rings. The zero-order valence-electron chi connectivity index (χ0n) is 10.4. The Kier molecular flexibility index (Phi) is 1.92. The number of hydrogen-bond acceptors (Lipinski definition) is 3. The summed E-state index contributed by atoms with van der Waals surface area (Å²) in [5.41, 5.74) is 10.0. The Balaban J connectivity index is 4.86. The van der Waals surface area contributed by atoms with Gasteiger partial charge in [-0.15, -0.1) is 0 Å². The highest BCUT2D eigenvalue weighted by Gasteiger charge is 2.09. The van der Waals surface area contributed by atoms with E-state index in [1.165, 1.54) is 0 Å². The molecule has 0 fully saturated rings. The van der Waals surface area contributed by atoms with Crippen molar-refractivity contribution in [1.29, 1.82) is 0 Å². The van der Waals surface area contributed by atoms with Gasteiger partial charge in [-0.3, -0.25) is 4.79 Å². The van der Waals surface area contributed by atoms with E-state index in [-0.39, 0.29) is 0 Å². The topological polar surface area (TPSA) is 89.3 Å². The van der Waals surface area contributed by atoms with Crippen molar-refractivity contribution in [2.75, 3.05) is 6.54 Å². The number of carboxylic acid groups (broad SMARTS) is 1. The van der Waals surface area contributed by atoms with E-state index in [1.807, 2.05) is 0 Å². The van der Waals surface area contributed by atoms with Crippen LogP contribution < -0.4 is 11.5 Å². The molecule has 0 spiro atoms. The molecular formula is C6H14N2O2. The summed E-state index contributed by atoms with van der Waals surface area (Å²) in [5, 5.41) is 8.51. The standard InChI is InChI=1S/C6H14N2O2/c7-4-2-1-3-5(8)6(9)10/h5H,1-4,7-8H2,(H,9,10)/t5-/m0/s1/i1D2,2D2,5D. The van der Waals surface area contributed by atoms with Crippen LogP contribution in [0.3, 0.4) is 0 Å². The Hall–Kier alpha value is -0.610. The van der Waals surface area contributed by atoms with Gasteiger partial charge >= 0.3 is 5.97 Å². The highest BCUT2D eigenvalue weighted by atomic mass is 16.4. The summed E-state index contributed by atoms with van der Waals surface area (Å²) in [4.78, 5) is 10.5. The lowest BCUT2D eigenvalue weighted by Crippen LogP contribution is -2.29. The van der Waals surface area contributed by atoms with Crippen molar-refractivity contribution in [2.24, 2.45) is 11.5 Å². The van der Waals surface area contributed by atoms with Crippen molar-refractivity contribution in [3.63, 3.8) is 0 Å². The first kappa shape index (κ1) is 3.69. The van der Waals surface area contributed by atoms with E-state index in [2.05, 4.69) is 0 Å². The lowest BCUT2D eigenvalue weighted by Gasteiger charge is -2.03. The Morgan fingerprint density at radius 1 is 1.80 bits per heavy atom. The monoisotopic (exact) mass is 151 g/mol. The van der Waals surface area contributed by atoms with E-state index in [1.54, 1.807) is 0 Å². The van der Waals surface area contributed by atoms with Gasteiger partial charge in [-0.1, -0.05) is 6.37 Å². The smallest absolute Gasteiger partial charge is 0.320 e. The highest BCUT2D eigenvalue weighted by molar-refractivity contribution is 5.72. The molecule has 0 unspecified atom stereocenters. The van der Waals surface area contributed by atoms with Crippen molar-refractivity contribution in [3.05, 3.63) is 0 Å². The van der Waals surface area contributed by atoms with Gasteiger partial charge < -0.3 is 16.6 Å². The second-order valence-corrected chi connectivity index (χ2v) is 1.56. The third-order valence-corrected chi connectivity index (χ3v) is 0.781. The number of carbonyl (C=O) groups is 1. The second kappa shape index (κ2) is 5.20. The van der Waals surface area contributed by atoms with E-state index >= 15 is 0 Å². The van der Waals surface area contributed by atoms with Gasteiger partial charge in [0.25, 0.3) is 0 Å². The summed E-state index contributed by atoms with van der Waals surface area (Å²) in [6, 6.07) is -2.56. The molecule has 5 N–H and O–H groups in total. The van der Waals surface area contributed by atoms with Gasteiger partial charge in [-0.25, -0.2) is 0 Å². The van der Waals surface area contributed by atoms with Crippen LogP contribution >= 0.6 is 0 Å². The largest absolute Gasteiger partial charge is 0.480 e. The molecule has 0 saturated carbocycles. The fourth-order valence-corrected chi connectivity index (χ4v) is 0.306. The predicted molar refractivity (Wildman–Crippen MR) is 38.5 cm³/mol. The maximum atomic E-state index is 10.5. The number of hydrogen-bond donors (Lipinski definition) is 3. The van der Waals surface area contributed by atoms with E-state index < -0.39 is 37.7 Å². The van der Waals surface area contributed by atoms with Crippen LogP contribution in [0.1, 0.15) is 26.0 Å². The third-order valence-electron chi connectivity index (χ3n) is 0.781. The molecule has 0 bridgehead atoms. The highest BCUT2D eigenvalue weighted by Crippen LogP contribution is 1.96. The number of nitrogens with two attached hydrogens (primary N) is 2. The summed E-state index contributed by atoms with van der Waals surface area (Å²) >= 11 is 0. The predicted octanol–water partition coefficient (Wildman–Crippen LogP) is -0.473. The Labute approximate surface area is 67.2 Å². The van der Waals surface area contributed by atoms with Gasteiger partial charge in [-0.05, 0) is 19.3 Å². The Bertz CT molecular complexity index is 256. The summed E-state index contributed by atoms with van der Waals surface area (Å²) in [6.45, 7) is -0.615. The first-order valence-electron chi connectivity index (χ1n) is 5.19. The number of aliphatic carboxylic acids is 1. The third kappa shape index (κ3) is 4.29. The maximum absolute atomic E-state index is 10.5. The first-order valence-corrected chi connectivity index (χ1v) is 2.69. The normalized spacial score (nSPS) is 26.4. The molecule has 0 aromatic rings. The molecule has 0 aromatic carbocycles. The summed E-state index contributed by atoms with van der Waals surface area (Å²) in [7, 11) is 0. The average Bonchev–Trinajstić information content (AvgIpc) is 2.01. The van der Waals surface area contributed by atoms with Crippen molar-refractivity contribution in [2.45, 2.75) is 25.2 Å². The Morgan fingerprint density at radius 3 is 2.80 bits per heavy atom. The second-order valence-electron chi connectivity index (χ2n) is 1.56. The lowest BCUT2D eigenvalue weighted by atomic mass is 10.1. The molecule has 0 aliphatic heterocycles. The fourth-order valence-electron chi connectivity index (χ4n) is 0.306. The minimum Gasteiger partial charge on any atom is -0.480 e. The van der Waals surface area contributed by atoms with Crippen LogP contribution in [0.4, 0.5) is 0 Å². The van der Waals surface area contributed by atoms with Gasteiger partial charge in [0.15, 0.2) is 0 Å².